The fraction of sp³-hybridized carbons (Fsp3) is 0.706. The number of nitrogens with one attached hydrogen (secondary N) is 2. The van der Waals surface area contributed by atoms with Crippen LogP contribution in [-0.4, -0.2) is 63.8 Å². The summed E-state index contributed by atoms with van der Waals surface area (Å²) in [5, 5.41) is 11.3. The van der Waals surface area contributed by atoms with Gasteiger partial charge in [-0.3, -0.25) is 9.89 Å². The average Bonchev–Trinajstić information content (AvgIpc) is 3.24. The summed E-state index contributed by atoms with van der Waals surface area (Å²) in [7, 11) is 3.60. The third kappa shape index (κ3) is 6.85. The zero-order chi connectivity index (χ0) is 16.5. The van der Waals surface area contributed by atoms with Crippen molar-refractivity contribution in [3.8, 4) is 0 Å². The van der Waals surface area contributed by atoms with Gasteiger partial charge >= 0.3 is 0 Å². The number of rotatable bonds is 8. The Labute approximate surface area is 167 Å². The summed E-state index contributed by atoms with van der Waals surface area (Å²) in [6, 6.07) is 2.78. The molecule has 2 heterocycles. The van der Waals surface area contributed by atoms with Gasteiger partial charge in [-0.05, 0) is 47.7 Å². The van der Waals surface area contributed by atoms with E-state index in [0.29, 0.717) is 12.0 Å². The first-order valence-corrected chi connectivity index (χ1v) is 9.38. The van der Waals surface area contributed by atoms with Gasteiger partial charge in [0.1, 0.15) is 0 Å². The zero-order valence-corrected chi connectivity index (χ0v) is 18.1. The topological polar surface area (TPSA) is 48.9 Å². The summed E-state index contributed by atoms with van der Waals surface area (Å²) in [6.45, 7) is 7.08. The van der Waals surface area contributed by atoms with E-state index in [1.165, 1.54) is 24.9 Å². The Hall–Kier alpha value is -0.380. The third-order valence-electron chi connectivity index (χ3n) is 4.50. The molecule has 0 radical (unpaired) electrons. The van der Waals surface area contributed by atoms with Crippen LogP contribution in [-0.2, 0) is 4.74 Å². The second kappa shape index (κ2) is 12.1. The lowest BCUT2D eigenvalue weighted by atomic mass is 10.1. The molecular formula is C17H31IN4OS. The van der Waals surface area contributed by atoms with Crippen molar-refractivity contribution in [2.45, 2.75) is 31.7 Å². The molecule has 0 amide bonds. The fourth-order valence-corrected chi connectivity index (χ4v) is 3.77. The molecule has 0 aliphatic carbocycles. The Kier molecular flexibility index (Phi) is 10.9. The van der Waals surface area contributed by atoms with Crippen LogP contribution in [0, 0.1) is 0 Å². The Morgan fingerprint density at radius 2 is 2.33 bits per heavy atom. The van der Waals surface area contributed by atoms with E-state index in [9.17, 15) is 0 Å². The third-order valence-corrected chi connectivity index (χ3v) is 5.20. The highest BCUT2D eigenvalue weighted by Gasteiger charge is 2.23. The highest BCUT2D eigenvalue weighted by Crippen LogP contribution is 2.17. The quantitative estimate of drug-likeness (QED) is 0.352. The molecule has 2 N–H and O–H groups in total. The van der Waals surface area contributed by atoms with Gasteiger partial charge in [0.25, 0.3) is 0 Å². The molecule has 7 heteroatoms. The maximum absolute atomic E-state index is 5.20. The molecule has 0 aromatic carbocycles. The van der Waals surface area contributed by atoms with Crippen LogP contribution in [0.2, 0.25) is 0 Å². The molecular weight excluding hydrogens is 435 g/mol. The van der Waals surface area contributed by atoms with Crippen molar-refractivity contribution in [2.24, 2.45) is 4.99 Å². The predicted octanol–water partition coefficient (Wildman–Crippen LogP) is 2.75. The molecule has 2 atom stereocenters. The van der Waals surface area contributed by atoms with Gasteiger partial charge in [0.15, 0.2) is 5.96 Å². The molecule has 138 valence electrons. The second-order valence-electron chi connectivity index (χ2n) is 6.12. The standard InChI is InChI=1S/C17H30N4OS.HI/c1-14(15-6-10-23-13-15)11-19-17(18-2)20-12-16-5-4-7-21(16)8-9-22-3;/h6,10,13-14,16H,4-5,7-9,11-12H2,1-3H3,(H2,18,19,20);1H. The van der Waals surface area contributed by atoms with E-state index in [4.69, 9.17) is 4.74 Å². The Balaban J connectivity index is 0.00000288. The highest BCUT2D eigenvalue weighted by molar-refractivity contribution is 14.0. The smallest absolute Gasteiger partial charge is 0.191 e. The summed E-state index contributed by atoms with van der Waals surface area (Å²) in [5.74, 6) is 1.38. The Bertz CT molecular complexity index is 469. The van der Waals surface area contributed by atoms with E-state index in [1.54, 1.807) is 18.4 Å². The molecule has 0 saturated carbocycles. The van der Waals surface area contributed by atoms with E-state index in [1.807, 2.05) is 7.05 Å². The largest absolute Gasteiger partial charge is 0.383 e. The molecule has 1 aromatic heterocycles. The number of guanidine groups is 1. The lowest BCUT2D eigenvalue weighted by Gasteiger charge is -2.25. The monoisotopic (exact) mass is 466 g/mol. The molecule has 1 aliphatic heterocycles. The van der Waals surface area contributed by atoms with Crippen LogP contribution < -0.4 is 10.6 Å². The van der Waals surface area contributed by atoms with Crippen LogP contribution in [0.15, 0.2) is 21.8 Å². The fourth-order valence-electron chi connectivity index (χ4n) is 2.99. The summed E-state index contributed by atoms with van der Waals surface area (Å²) >= 11 is 1.75. The first kappa shape index (κ1) is 21.7. The van der Waals surface area contributed by atoms with Gasteiger partial charge in [-0.2, -0.15) is 11.3 Å². The van der Waals surface area contributed by atoms with Gasteiger partial charge in [-0.1, -0.05) is 6.92 Å². The van der Waals surface area contributed by atoms with Gasteiger partial charge < -0.3 is 15.4 Å². The predicted molar refractivity (Wildman–Crippen MR) is 114 cm³/mol. The molecule has 1 aromatic rings. The minimum Gasteiger partial charge on any atom is -0.383 e. The van der Waals surface area contributed by atoms with Crippen molar-refractivity contribution < 1.29 is 4.74 Å². The van der Waals surface area contributed by atoms with Crippen molar-refractivity contribution in [1.29, 1.82) is 0 Å². The summed E-state index contributed by atoms with van der Waals surface area (Å²) in [4.78, 5) is 6.85. The van der Waals surface area contributed by atoms with Crippen molar-refractivity contribution >= 4 is 41.3 Å². The number of aliphatic imine (C=N–C) groups is 1. The number of methoxy groups -OCH3 is 1. The number of likely N-dealkylation sites (tertiary alicyclic amines) is 1. The number of hydrogen-bond acceptors (Lipinski definition) is 4. The molecule has 0 bridgehead atoms. The summed E-state index contributed by atoms with van der Waals surface area (Å²) < 4.78 is 5.20. The number of halogens is 1. The number of nitrogens with zero attached hydrogens (tertiary/aromatic N) is 2. The number of ether oxygens (including phenoxy) is 1. The van der Waals surface area contributed by atoms with Crippen molar-refractivity contribution in [1.82, 2.24) is 15.5 Å². The van der Waals surface area contributed by atoms with Crippen LogP contribution in [0.5, 0.6) is 0 Å². The lowest BCUT2D eigenvalue weighted by molar-refractivity contribution is 0.141. The van der Waals surface area contributed by atoms with Crippen molar-refractivity contribution in [3.05, 3.63) is 22.4 Å². The van der Waals surface area contributed by atoms with E-state index < -0.39 is 0 Å². The minimum absolute atomic E-state index is 0. The SMILES string of the molecule is CN=C(NCC(C)c1ccsc1)NCC1CCCN1CCOC.I. The zero-order valence-electron chi connectivity index (χ0n) is 15.0. The van der Waals surface area contributed by atoms with E-state index in [-0.39, 0.29) is 24.0 Å². The average molecular weight is 466 g/mol. The van der Waals surface area contributed by atoms with Gasteiger partial charge in [-0.15, -0.1) is 24.0 Å². The molecule has 1 fully saturated rings. The van der Waals surface area contributed by atoms with Crippen LogP contribution in [0.4, 0.5) is 0 Å². The van der Waals surface area contributed by atoms with Gasteiger partial charge in [0.05, 0.1) is 6.61 Å². The highest BCUT2D eigenvalue weighted by atomic mass is 127. The maximum Gasteiger partial charge on any atom is 0.191 e. The maximum atomic E-state index is 5.20. The van der Waals surface area contributed by atoms with Crippen LogP contribution in [0.25, 0.3) is 0 Å². The summed E-state index contributed by atoms with van der Waals surface area (Å²) in [6.07, 6.45) is 2.52. The van der Waals surface area contributed by atoms with Crippen molar-refractivity contribution in [2.75, 3.05) is 46.9 Å². The van der Waals surface area contributed by atoms with Crippen LogP contribution in [0.3, 0.4) is 0 Å². The second-order valence-corrected chi connectivity index (χ2v) is 6.90. The number of hydrogen-bond donors (Lipinski definition) is 2. The molecule has 1 aliphatic rings. The van der Waals surface area contributed by atoms with Gasteiger partial charge in [0.2, 0.25) is 0 Å². The molecule has 2 unspecified atom stereocenters. The van der Waals surface area contributed by atoms with Gasteiger partial charge in [0, 0.05) is 39.8 Å². The first-order chi connectivity index (χ1) is 11.2. The molecule has 2 rings (SSSR count). The van der Waals surface area contributed by atoms with Crippen LogP contribution >= 0.6 is 35.3 Å². The minimum atomic E-state index is 0. The Morgan fingerprint density at radius 3 is 3.00 bits per heavy atom. The molecule has 0 spiro atoms. The molecule has 1 saturated heterocycles. The van der Waals surface area contributed by atoms with E-state index in [0.717, 1.165) is 32.2 Å². The molecule has 5 nitrogen and oxygen atoms in total. The van der Waals surface area contributed by atoms with E-state index in [2.05, 4.69) is 44.3 Å². The number of thiophene rings is 1. The van der Waals surface area contributed by atoms with Crippen LogP contribution in [0.1, 0.15) is 31.2 Å². The van der Waals surface area contributed by atoms with Crippen molar-refractivity contribution in [3.63, 3.8) is 0 Å². The lowest BCUT2D eigenvalue weighted by Crippen LogP contribution is -2.46. The summed E-state index contributed by atoms with van der Waals surface area (Å²) in [5.41, 5.74) is 1.39. The normalized spacial score (nSPS) is 19.8. The van der Waals surface area contributed by atoms with E-state index >= 15 is 0 Å². The van der Waals surface area contributed by atoms with Gasteiger partial charge in [-0.25, -0.2) is 0 Å². The Morgan fingerprint density at radius 1 is 1.50 bits per heavy atom. The molecule has 24 heavy (non-hydrogen) atoms. The first-order valence-electron chi connectivity index (χ1n) is 8.44.